The van der Waals surface area contributed by atoms with E-state index in [0.717, 1.165) is 0 Å². The number of nitrogens with zero attached hydrogens (tertiary/aromatic N) is 1. The number of rotatable bonds is 7. The maximum absolute atomic E-state index is 11.9. The summed E-state index contributed by atoms with van der Waals surface area (Å²) >= 11 is 0. The molecule has 0 aliphatic heterocycles. The Morgan fingerprint density at radius 1 is 1.40 bits per heavy atom. The normalized spacial score (nSPS) is 12.6. The van der Waals surface area contributed by atoms with Crippen LogP contribution in [0, 0.1) is 11.3 Å². The molecule has 6 nitrogen and oxygen atoms in total. The third-order valence-corrected chi connectivity index (χ3v) is 3.99. The lowest BCUT2D eigenvalue weighted by Crippen LogP contribution is -2.41. The number of benzene rings is 1. The molecule has 20 heavy (non-hydrogen) atoms. The first kappa shape index (κ1) is 16.1. The summed E-state index contributed by atoms with van der Waals surface area (Å²) in [5.41, 5.74) is 0.936. The van der Waals surface area contributed by atoms with Crippen molar-refractivity contribution in [1.29, 1.82) is 5.26 Å². The number of carbonyl (C=O) groups is 1. The zero-order valence-corrected chi connectivity index (χ0v) is 11.9. The van der Waals surface area contributed by atoms with Gasteiger partial charge in [0.1, 0.15) is 6.04 Å². The Morgan fingerprint density at radius 3 is 2.45 bits per heavy atom. The predicted molar refractivity (Wildman–Crippen MR) is 73.2 cm³/mol. The monoisotopic (exact) mass is 296 g/mol. The highest BCUT2D eigenvalue weighted by atomic mass is 32.2. The Hall–Kier alpha value is -1.91. The van der Waals surface area contributed by atoms with Crippen molar-refractivity contribution in [3.05, 3.63) is 35.4 Å². The highest BCUT2D eigenvalue weighted by molar-refractivity contribution is 7.88. The van der Waals surface area contributed by atoms with Gasteiger partial charge < -0.3 is 5.11 Å². The molecule has 0 aromatic heterocycles. The Labute approximate surface area is 118 Å². The molecule has 2 N–H and O–H groups in total. The Kier molecular flexibility index (Phi) is 5.67. The molecular weight excluding hydrogens is 280 g/mol. The minimum atomic E-state index is -3.73. The smallest absolute Gasteiger partial charge is 0.321 e. The van der Waals surface area contributed by atoms with Gasteiger partial charge in [0.15, 0.2) is 0 Å². The summed E-state index contributed by atoms with van der Waals surface area (Å²) in [6, 6.07) is 6.94. The summed E-state index contributed by atoms with van der Waals surface area (Å²) in [5.74, 6) is -1.50. The van der Waals surface area contributed by atoms with E-state index in [0.29, 0.717) is 17.5 Å². The summed E-state index contributed by atoms with van der Waals surface area (Å²) in [7, 11) is -3.73. The number of hydrogen-bond donors (Lipinski definition) is 2. The topological polar surface area (TPSA) is 107 Å². The molecule has 1 rings (SSSR count). The van der Waals surface area contributed by atoms with Crippen LogP contribution in [0.4, 0.5) is 0 Å². The van der Waals surface area contributed by atoms with E-state index in [1.54, 1.807) is 6.92 Å². The van der Waals surface area contributed by atoms with Gasteiger partial charge in [0.2, 0.25) is 10.0 Å². The minimum Gasteiger partial charge on any atom is -0.480 e. The van der Waals surface area contributed by atoms with Crippen molar-refractivity contribution >= 4 is 16.0 Å². The molecule has 0 saturated carbocycles. The zero-order valence-electron chi connectivity index (χ0n) is 11.0. The van der Waals surface area contributed by atoms with Crippen molar-refractivity contribution in [3.8, 4) is 6.07 Å². The van der Waals surface area contributed by atoms with Gasteiger partial charge in [-0.05, 0) is 24.1 Å². The Bertz CT molecular complexity index is 602. The fourth-order valence-electron chi connectivity index (χ4n) is 1.67. The molecule has 0 fully saturated rings. The maximum atomic E-state index is 11.9. The number of hydrogen-bond acceptors (Lipinski definition) is 4. The van der Waals surface area contributed by atoms with Crippen LogP contribution in [0.5, 0.6) is 0 Å². The van der Waals surface area contributed by atoms with E-state index in [4.69, 9.17) is 10.4 Å². The van der Waals surface area contributed by atoms with Crippen molar-refractivity contribution < 1.29 is 18.3 Å². The van der Waals surface area contributed by atoms with Gasteiger partial charge in [0, 0.05) is 0 Å². The molecule has 0 unspecified atom stereocenters. The second-order valence-corrected chi connectivity index (χ2v) is 6.12. The first-order valence-corrected chi connectivity index (χ1v) is 7.75. The van der Waals surface area contributed by atoms with Crippen LogP contribution in [0.3, 0.4) is 0 Å². The van der Waals surface area contributed by atoms with Crippen LogP contribution in [-0.2, 0) is 20.6 Å². The van der Waals surface area contributed by atoms with Gasteiger partial charge >= 0.3 is 5.97 Å². The standard InChI is InChI=1S/C13H16N2O4S/c1-2-3-12(13(16)17)15-20(18,19)9-11-6-4-10(8-14)5-7-11/h4-7,12,15H,2-3,9H2,1H3,(H,16,17)/t12-/m0/s1. The van der Waals surface area contributed by atoms with Crippen molar-refractivity contribution in [2.75, 3.05) is 0 Å². The van der Waals surface area contributed by atoms with E-state index < -0.39 is 22.0 Å². The molecule has 0 spiro atoms. The summed E-state index contributed by atoms with van der Waals surface area (Å²) in [4.78, 5) is 10.9. The average Bonchev–Trinajstić information content (AvgIpc) is 2.38. The molecular formula is C13H16N2O4S. The lowest BCUT2D eigenvalue weighted by atomic mass is 10.2. The van der Waals surface area contributed by atoms with Crippen LogP contribution in [0.15, 0.2) is 24.3 Å². The Morgan fingerprint density at radius 2 is 2.00 bits per heavy atom. The van der Waals surface area contributed by atoms with Crippen LogP contribution in [0.2, 0.25) is 0 Å². The van der Waals surface area contributed by atoms with Gasteiger partial charge in [-0.2, -0.15) is 5.26 Å². The molecule has 1 atom stereocenters. The first-order valence-electron chi connectivity index (χ1n) is 6.10. The summed E-state index contributed by atoms with van der Waals surface area (Å²) in [5, 5.41) is 17.6. The fraction of sp³-hybridized carbons (Fsp3) is 0.385. The SMILES string of the molecule is CCC[C@H](NS(=O)(=O)Cc1ccc(C#N)cc1)C(=O)O. The number of carboxylic acid groups (broad SMARTS) is 1. The average molecular weight is 296 g/mol. The highest BCUT2D eigenvalue weighted by Gasteiger charge is 2.23. The molecule has 0 amide bonds. The molecule has 0 aliphatic carbocycles. The maximum Gasteiger partial charge on any atom is 0.321 e. The number of sulfonamides is 1. The molecule has 7 heteroatoms. The van der Waals surface area contributed by atoms with Crippen molar-refractivity contribution in [1.82, 2.24) is 4.72 Å². The van der Waals surface area contributed by atoms with Gasteiger partial charge in [-0.15, -0.1) is 0 Å². The second kappa shape index (κ2) is 7.03. The van der Waals surface area contributed by atoms with Crippen LogP contribution in [-0.4, -0.2) is 25.5 Å². The number of nitriles is 1. The molecule has 1 aromatic rings. The zero-order chi connectivity index (χ0) is 15.2. The van der Waals surface area contributed by atoms with E-state index in [1.807, 2.05) is 6.07 Å². The molecule has 0 aliphatic rings. The first-order chi connectivity index (χ1) is 9.38. The van der Waals surface area contributed by atoms with Gasteiger partial charge in [-0.25, -0.2) is 13.1 Å². The summed E-state index contributed by atoms with van der Waals surface area (Å²) in [6.07, 6.45) is 0.804. The Balaban J connectivity index is 2.78. The molecule has 0 bridgehead atoms. The van der Waals surface area contributed by atoms with Crippen molar-refractivity contribution in [3.63, 3.8) is 0 Å². The van der Waals surface area contributed by atoms with Crippen LogP contribution >= 0.6 is 0 Å². The fourth-order valence-corrected chi connectivity index (χ4v) is 3.04. The van der Waals surface area contributed by atoms with Gasteiger partial charge in [0.25, 0.3) is 0 Å². The van der Waals surface area contributed by atoms with Crippen LogP contribution in [0.25, 0.3) is 0 Å². The summed E-state index contributed by atoms with van der Waals surface area (Å²) in [6.45, 7) is 1.78. The largest absolute Gasteiger partial charge is 0.480 e. The van der Waals surface area contributed by atoms with E-state index >= 15 is 0 Å². The lowest BCUT2D eigenvalue weighted by molar-refractivity contribution is -0.139. The number of carboxylic acids is 1. The predicted octanol–water partition coefficient (Wildman–Crippen LogP) is 1.23. The van der Waals surface area contributed by atoms with E-state index in [1.165, 1.54) is 24.3 Å². The highest BCUT2D eigenvalue weighted by Crippen LogP contribution is 2.09. The van der Waals surface area contributed by atoms with Gasteiger partial charge in [0.05, 0.1) is 17.4 Å². The van der Waals surface area contributed by atoms with Crippen LogP contribution in [0.1, 0.15) is 30.9 Å². The number of nitrogens with one attached hydrogen (secondary N) is 1. The second-order valence-electron chi connectivity index (χ2n) is 4.37. The van der Waals surface area contributed by atoms with Crippen molar-refractivity contribution in [2.24, 2.45) is 0 Å². The van der Waals surface area contributed by atoms with E-state index in [9.17, 15) is 13.2 Å². The van der Waals surface area contributed by atoms with Gasteiger partial charge in [-0.1, -0.05) is 25.5 Å². The quantitative estimate of drug-likeness (QED) is 0.787. The third-order valence-electron chi connectivity index (χ3n) is 2.64. The van der Waals surface area contributed by atoms with Crippen LogP contribution < -0.4 is 4.72 Å². The van der Waals surface area contributed by atoms with Crippen molar-refractivity contribution in [2.45, 2.75) is 31.6 Å². The van der Waals surface area contributed by atoms with E-state index in [2.05, 4.69) is 4.72 Å². The van der Waals surface area contributed by atoms with E-state index in [-0.39, 0.29) is 12.2 Å². The molecule has 108 valence electrons. The lowest BCUT2D eigenvalue weighted by Gasteiger charge is -2.13. The third kappa shape index (κ3) is 4.99. The van der Waals surface area contributed by atoms with Gasteiger partial charge in [-0.3, -0.25) is 4.79 Å². The molecule has 0 saturated heterocycles. The number of aliphatic carboxylic acids is 1. The minimum absolute atomic E-state index is 0.238. The molecule has 0 radical (unpaired) electrons. The molecule has 0 heterocycles. The summed E-state index contributed by atoms with van der Waals surface area (Å²) < 4.78 is 26.0. The molecule has 1 aromatic carbocycles.